The Morgan fingerprint density at radius 1 is 0.957 bits per heavy atom. The molecule has 3 aromatic carbocycles. The zero-order chi connectivity index (χ0) is 16.0. The quantitative estimate of drug-likeness (QED) is 0.694. The van der Waals surface area contributed by atoms with Crippen molar-refractivity contribution in [3.63, 3.8) is 0 Å². The van der Waals surface area contributed by atoms with Crippen LogP contribution in [-0.2, 0) is 0 Å². The van der Waals surface area contributed by atoms with Crippen LogP contribution < -0.4 is 9.64 Å². The summed E-state index contributed by atoms with van der Waals surface area (Å²) in [7, 11) is 1.65. The SMILES string of the molecule is COc1ccc(N2c3ccc4ccccc4c3C(=O)C2C)cc1. The Hall–Kier alpha value is -2.81. The second kappa shape index (κ2) is 5.13. The lowest BCUT2D eigenvalue weighted by atomic mass is 10.0. The predicted molar refractivity (Wildman–Crippen MR) is 92.9 cm³/mol. The molecule has 23 heavy (non-hydrogen) atoms. The monoisotopic (exact) mass is 303 g/mol. The van der Waals surface area contributed by atoms with Gasteiger partial charge in [-0.1, -0.05) is 30.3 Å². The van der Waals surface area contributed by atoms with E-state index in [1.54, 1.807) is 7.11 Å². The van der Waals surface area contributed by atoms with Crippen LogP contribution in [0, 0.1) is 0 Å². The van der Waals surface area contributed by atoms with Crippen LogP contribution in [0.2, 0.25) is 0 Å². The molecule has 0 saturated heterocycles. The molecule has 0 bridgehead atoms. The standard InChI is InChI=1S/C20H17NO2/c1-13-20(22)19-17-6-4-3-5-14(17)7-12-18(19)21(13)15-8-10-16(23-2)11-9-15/h3-13H,1-2H3. The zero-order valence-corrected chi connectivity index (χ0v) is 13.1. The maximum atomic E-state index is 12.9. The number of ketones is 1. The van der Waals surface area contributed by atoms with Crippen LogP contribution in [0.1, 0.15) is 17.3 Å². The summed E-state index contributed by atoms with van der Waals surface area (Å²) in [5, 5.41) is 2.13. The molecule has 1 aliphatic heterocycles. The summed E-state index contributed by atoms with van der Waals surface area (Å²) in [4.78, 5) is 15.0. The molecule has 0 amide bonds. The molecule has 1 unspecified atom stereocenters. The van der Waals surface area contributed by atoms with Crippen molar-refractivity contribution in [1.82, 2.24) is 0 Å². The Bertz CT molecular complexity index is 899. The van der Waals surface area contributed by atoms with Crippen LogP contribution in [0.25, 0.3) is 10.8 Å². The number of benzene rings is 3. The summed E-state index contributed by atoms with van der Waals surface area (Å²) >= 11 is 0. The minimum Gasteiger partial charge on any atom is -0.497 e. The average molecular weight is 303 g/mol. The Morgan fingerprint density at radius 2 is 1.70 bits per heavy atom. The van der Waals surface area contributed by atoms with E-state index in [0.29, 0.717) is 0 Å². The van der Waals surface area contributed by atoms with Crippen LogP contribution in [0.4, 0.5) is 11.4 Å². The number of methoxy groups -OCH3 is 1. The van der Waals surface area contributed by atoms with E-state index in [1.165, 1.54) is 0 Å². The van der Waals surface area contributed by atoms with Crippen LogP contribution >= 0.6 is 0 Å². The molecule has 1 atom stereocenters. The van der Waals surface area contributed by atoms with Crippen molar-refractivity contribution >= 4 is 27.9 Å². The van der Waals surface area contributed by atoms with Gasteiger partial charge in [0.15, 0.2) is 5.78 Å². The first-order valence-electron chi connectivity index (χ1n) is 7.70. The van der Waals surface area contributed by atoms with Gasteiger partial charge in [0.2, 0.25) is 0 Å². The smallest absolute Gasteiger partial charge is 0.188 e. The van der Waals surface area contributed by atoms with Gasteiger partial charge in [-0.3, -0.25) is 4.79 Å². The average Bonchev–Trinajstić information content (AvgIpc) is 2.86. The number of nitrogens with zero attached hydrogens (tertiary/aromatic N) is 1. The molecule has 3 heteroatoms. The summed E-state index contributed by atoms with van der Waals surface area (Å²) in [6.45, 7) is 1.96. The normalized spacial score (nSPS) is 16.7. The largest absolute Gasteiger partial charge is 0.497 e. The molecule has 0 saturated carbocycles. The van der Waals surface area contributed by atoms with Gasteiger partial charge in [-0.05, 0) is 48.0 Å². The second-order valence-corrected chi connectivity index (χ2v) is 5.79. The fraction of sp³-hybridized carbons (Fsp3) is 0.150. The molecule has 4 rings (SSSR count). The lowest BCUT2D eigenvalue weighted by Crippen LogP contribution is -2.27. The minimum absolute atomic E-state index is 0.174. The minimum atomic E-state index is -0.204. The van der Waals surface area contributed by atoms with Gasteiger partial charge in [0.1, 0.15) is 5.75 Å². The van der Waals surface area contributed by atoms with Gasteiger partial charge < -0.3 is 9.64 Å². The van der Waals surface area contributed by atoms with Gasteiger partial charge in [-0.2, -0.15) is 0 Å². The number of hydrogen-bond acceptors (Lipinski definition) is 3. The van der Waals surface area contributed by atoms with E-state index >= 15 is 0 Å². The molecule has 3 nitrogen and oxygen atoms in total. The lowest BCUT2D eigenvalue weighted by Gasteiger charge is -2.24. The molecule has 0 aliphatic carbocycles. The van der Waals surface area contributed by atoms with Gasteiger partial charge in [-0.25, -0.2) is 0 Å². The Labute approximate surface area is 135 Å². The van der Waals surface area contributed by atoms with E-state index in [0.717, 1.165) is 33.5 Å². The van der Waals surface area contributed by atoms with E-state index < -0.39 is 0 Å². The highest BCUT2D eigenvalue weighted by Crippen LogP contribution is 2.41. The third kappa shape index (κ3) is 2.00. The number of carbonyl (C=O) groups is 1. The van der Waals surface area contributed by atoms with Crippen molar-refractivity contribution in [3.05, 3.63) is 66.2 Å². The molecule has 0 N–H and O–H groups in total. The maximum Gasteiger partial charge on any atom is 0.188 e. The topological polar surface area (TPSA) is 29.5 Å². The van der Waals surface area contributed by atoms with Crippen molar-refractivity contribution in [2.24, 2.45) is 0 Å². The second-order valence-electron chi connectivity index (χ2n) is 5.79. The van der Waals surface area contributed by atoms with Crippen molar-refractivity contribution in [1.29, 1.82) is 0 Å². The lowest BCUT2D eigenvalue weighted by molar-refractivity contribution is 0.0981. The molecular weight excluding hydrogens is 286 g/mol. The van der Waals surface area contributed by atoms with Crippen molar-refractivity contribution in [3.8, 4) is 5.75 Å². The number of carbonyl (C=O) groups excluding carboxylic acids is 1. The molecule has 1 aliphatic rings. The highest BCUT2D eigenvalue weighted by molar-refractivity contribution is 6.20. The van der Waals surface area contributed by atoms with Crippen molar-refractivity contribution in [2.75, 3.05) is 12.0 Å². The number of ether oxygens (including phenoxy) is 1. The van der Waals surface area contributed by atoms with E-state index in [4.69, 9.17) is 4.74 Å². The fourth-order valence-electron chi connectivity index (χ4n) is 3.36. The molecule has 114 valence electrons. The molecule has 0 aromatic heterocycles. The first-order chi connectivity index (χ1) is 11.2. The van der Waals surface area contributed by atoms with E-state index in [9.17, 15) is 4.79 Å². The van der Waals surface area contributed by atoms with E-state index in [1.807, 2.05) is 61.5 Å². The number of fused-ring (bicyclic) bond motifs is 3. The number of anilines is 2. The van der Waals surface area contributed by atoms with E-state index in [2.05, 4.69) is 11.0 Å². The van der Waals surface area contributed by atoms with Gasteiger partial charge in [-0.15, -0.1) is 0 Å². The van der Waals surface area contributed by atoms with Gasteiger partial charge >= 0.3 is 0 Å². The van der Waals surface area contributed by atoms with Gasteiger partial charge in [0.25, 0.3) is 0 Å². The Morgan fingerprint density at radius 3 is 2.43 bits per heavy atom. The maximum absolute atomic E-state index is 12.9. The Kier molecular flexibility index (Phi) is 3.08. The predicted octanol–water partition coefficient (Wildman–Crippen LogP) is 4.57. The van der Waals surface area contributed by atoms with Crippen LogP contribution in [0.5, 0.6) is 5.75 Å². The van der Waals surface area contributed by atoms with Gasteiger partial charge in [0, 0.05) is 5.69 Å². The summed E-state index contributed by atoms with van der Waals surface area (Å²) in [5.41, 5.74) is 2.80. The molecule has 0 spiro atoms. The first-order valence-corrected chi connectivity index (χ1v) is 7.70. The molecule has 3 aromatic rings. The molecule has 0 fully saturated rings. The molecule has 0 radical (unpaired) electrons. The van der Waals surface area contributed by atoms with Crippen molar-refractivity contribution < 1.29 is 9.53 Å². The zero-order valence-electron chi connectivity index (χ0n) is 13.1. The van der Waals surface area contributed by atoms with Crippen molar-refractivity contribution in [2.45, 2.75) is 13.0 Å². The number of rotatable bonds is 2. The highest BCUT2D eigenvalue weighted by atomic mass is 16.5. The summed E-state index contributed by atoms with van der Waals surface area (Å²) in [5.74, 6) is 0.985. The molecule has 1 heterocycles. The summed E-state index contributed by atoms with van der Waals surface area (Å²) < 4.78 is 5.22. The number of hydrogen-bond donors (Lipinski definition) is 0. The van der Waals surface area contributed by atoms with Crippen LogP contribution in [-0.4, -0.2) is 18.9 Å². The first kappa shape index (κ1) is 13.8. The third-order valence-corrected chi connectivity index (χ3v) is 4.53. The third-order valence-electron chi connectivity index (χ3n) is 4.53. The molecular formula is C20H17NO2. The fourth-order valence-corrected chi connectivity index (χ4v) is 3.36. The highest BCUT2D eigenvalue weighted by Gasteiger charge is 2.36. The van der Waals surface area contributed by atoms with Gasteiger partial charge in [0.05, 0.1) is 24.4 Å². The summed E-state index contributed by atoms with van der Waals surface area (Å²) in [6, 6.07) is 19.8. The van der Waals surface area contributed by atoms with E-state index in [-0.39, 0.29) is 11.8 Å². The van der Waals surface area contributed by atoms with Crippen LogP contribution in [0.15, 0.2) is 60.7 Å². The number of Topliss-reactive ketones (excluding diaryl/α,β-unsaturated/α-hetero) is 1. The Balaban J connectivity index is 1.91. The summed E-state index contributed by atoms with van der Waals surface area (Å²) in [6.07, 6.45) is 0. The van der Waals surface area contributed by atoms with Crippen LogP contribution in [0.3, 0.4) is 0 Å².